The van der Waals surface area contributed by atoms with Gasteiger partial charge in [-0.05, 0) is 61.5 Å². The summed E-state index contributed by atoms with van der Waals surface area (Å²) in [5.74, 6) is -0.540. The summed E-state index contributed by atoms with van der Waals surface area (Å²) in [5.41, 5.74) is 1.98. The van der Waals surface area contributed by atoms with Crippen molar-refractivity contribution in [1.29, 1.82) is 0 Å². The lowest BCUT2D eigenvalue weighted by atomic mass is 10.2. The zero-order chi connectivity index (χ0) is 25.9. The maximum Gasteiger partial charge on any atom is 0.264 e. The molecule has 36 heavy (non-hydrogen) atoms. The molecule has 2 N–H and O–H groups in total. The Balaban J connectivity index is 1.49. The Morgan fingerprint density at radius 2 is 1.61 bits per heavy atom. The summed E-state index contributed by atoms with van der Waals surface area (Å²) in [6.45, 7) is 1.91. The van der Waals surface area contributed by atoms with Crippen LogP contribution in [0, 0.1) is 6.92 Å². The highest BCUT2D eigenvalue weighted by molar-refractivity contribution is 7.93. The van der Waals surface area contributed by atoms with Crippen LogP contribution in [0.2, 0.25) is 0 Å². The SMILES string of the molecule is Cc1ccc(N(C)S(=O)(=O)c2cccc(C(=O)Nc3ccc(S(=O)(=O)Nc4nccs4)cc3)c2)cc1. The summed E-state index contributed by atoms with van der Waals surface area (Å²) < 4.78 is 54.7. The average molecular weight is 543 g/mol. The van der Waals surface area contributed by atoms with Crippen LogP contribution < -0.4 is 14.3 Å². The second-order valence-electron chi connectivity index (χ2n) is 7.76. The zero-order valence-corrected chi connectivity index (χ0v) is 21.7. The largest absolute Gasteiger partial charge is 0.322 e. The van der Waals surface area contributed by atoms with Crippen LogP contribution in [0.5, 0.6) is 0 Å². The van der Waals surface area contributed by atoms with Crippen LogP contribution in [0.1, 0.15) is 15.9 Å². The van der Waals surface area contributed by atoms with Crippen molar-refractivity contribution in [3.05, 3.63) is 95.5 Å². The second-order valence-corrected chi connectivity index (χ2v) is 12.3. The quantitative estimate of drug-likeness (QED) is 0.341. The predicted molar refractivity (Wildman–Crippen MR) is 141 cm³/mol. The fraction of sp³-hybridized carbons (Fsp3) is 0.0833. The Bertz CT molecular complexity index is 1580. The van der Waals surface area contributed by atoms with Gasteiger partial charge < -0.3 is 5.32 Å². The van der Waals surface area contributed by atoms with Crippen molar-refractivity contribution in [2.45, 2.75) is 16.7 Å². The fourth-order valence-corrected chi connectivity index (χ4v) is 6.25. The molecule has 1 aromatic heterocycles. The lowest BCUT2D eigenvalue weighted by Crippen LogP contribution is -2.26. The molecule has 0 atom stereocenters. The third-order valence-electron chi connectivity index (χ3n) is 5.23. The fourth-order valence-electron chi connectivity index (χ4n) is 3.22. The van der Waals surface area contributed by atoms with E-state index in [1.54, 1.807) is 17.5 Å². The summed E-state index contributed by atoms with van der Waals surface area (Å²) in [6, 6.07) is 18.3. The monoisotopic (exact) mass is 542 g/mol. The van der Waals surface area contributed by atoms with Crippen LogP contribution in [-0.4, -0.2) is 34.8 Å². The number of carbonyl (C=O) groups is 1. The van der Waals surface area contributed by atoms with Gasteiger partial charge in [0.25, 0.3) is 26.0 Å². The molecule has 186 valence electrons. The molecular weight excluding hydrogens is 520 g/mol. The molecule has 9 nitrogen and oxygen atoms in total. The summed E-state index contributed by atoms with van der Waals surface area (Å²) >= 11 is 1.15. The topological polar surface area (TPSA) is 126 Å². The number of hydrogen-bond donors (Lipinski definition) is 2. The van der Waals surface area contributed by atoms with Crippen molar-refractivity contribution >= 4 is 53.8 Å². The molecular formula is C24H22N4O5S3. The molecule has 4 rings (SSSR count). The van der Waals surface area contributed by atoms with Gasteiger partial charge in [-0.15, -0.1) is 11.3 Å². The normalized spacial score (nSPS) is 11.6. The third-order valence-corrected chi connectivity index (χ3v) is 9.18. The number of aryl methyl sites for hydroxylation is 1. The van der Waals surface area contributed by atoms with Crippen LogP contribution in [0.25, 0.3) is 0 Å². The minimum atomic E-state index is -3.90. The van der Waals surface area contributed by atoms with E-state index in [1.807, 2.05) is 19.1 Å². The summed E-state index contributed by atoms with van der Waals surface area (Å²) in [5, 5.41) is 4.55. The zero-order valence-electron chi connectivity index (χ0n) is 19.2. The Morgan fingerprint density at radius 3 is 2.25 bits per heavy atom. The van der Waals surface area contributed by atoms with E-state index in [4.69, 9.17) is 0 Å². The molecule has 12 heteroatoms. The first-order valence-electron chi connectivity index (χ1n) is 10.6. The second kappa shape index (κ2) is 10.1. The van der Waals surface area contributed by atoms with E-state index < -0.39 is 26.0 Å². The number of benzene rings is 3. The van der Waals surface area contributed by atoms with Crippen molar-refractivity contribution in [3.63, 3.8) is 0 Å². The molecule has 0 aliphatic heterocycles. The lowest BCUT2D eigenvalue weighted by molar-refractivity contribution is 0.102. The van der Waals surface area contributed by atoms with Gasteiger partial charge in [-0.2, -0.15) is 0 Å². The van der Waals surface area contributed by atoms with E-state index in [-0.39, 0.29) is 20.5 Å². The van der Waals surface area contributed by atoms with Crippen LogP contribution in [-0.2, 0) is 20.0 Å². The first-order chi connectivity index (χ1) is 17.1. The van der Waals surface area contributed by atoms with Crippen molar-refractivity contribution in [2.24, 2.45) is 0 Å². The first-order valence-corrected chi connectivity index (χ1v) is 14.4. The number of nitrogens with one attached hydrogen (secondary N) is 2. The molecule has 4 aromatic rings. The Labute approximate surface area is 213 Å². The van der Waals surface area contributed by atoms with Gasteiger partial charge in [0.2, 0.25) is 0 Å². The number of hydrogen-bond acceptors (Lipinski definition) is 7. The maximum absolute atomic E-state index is 13.1. The van der Waals surface area contributed by atoms with Crippen LogP contribution in [0.4, 0.5) is 16.5 Å². The number of sulfonamides is 2. The summed E-state index contributed by atoms with van der Waals surface area (Å²) in [4.78, 5) is 16.7. The first kappa shape index (κ1) is 25.4. The van der Waals surface area contributed by atoms with E-state index in [1.165, 1.54) is 61.8 Å². The van der Waals surface area contributed by atoms with E-state index in [0.29, 0.717) is 11.4 Å². The predicted octanol–water partition coefficient (Wildman–Crippen LogP) is 4.33. The standard InChI is InChI=1S/C24H22N4O5S3/c1-17-6-10-20(11-7-17)28(2)36(32,33)22-5-3-4-18(16-22)23(29)26-19-8-12-21(13-9-19)35(30,31)27-24-25-14-15-34-24/h3-16H,1-2H3,(H,25,27)(H,26,29). The third kappa shape index (κ3) is 5.56. The van der Waals surface area contributed by atoms with Crippen molar-refractivity contribution in [3.8, 4) is 0 Å². The Hall–Kier alpha value is -3.74. The lowest BCUT2D eigenvalue weighted by Gasteiger charge is -2.20. The molecule has 1 amide bonds. The molecule has 1 heterocycles. The van der Waals surface area contributed by atoms with E-state index in [9.17, 15) is 21.6 Å². The van der Waals surface area contributed by atoms with Gasteiger partial charge in [0.1, 0.15) is 0 Å². The summed E-state index contributed by atoms with van der Waals surface area (Å²) in [6.07, 6.45) is 1.49. The Morgan fingerprint density at radius 1 is 0.917 bits per heavy atom. The highest BCUT2D eigenvalue weighted by Crippen LogP contribution is 2.24. The van der Waals surface area contributed by atoms with Crippen molar-refractivity contribution in [2.75, 3.05) is 21.4 Å². The van der Waals surface area contributed by atoms with Crippen LogP contribution >= 0.6 is 11.3 Å². The highest BCUT2D eigenvalue weighted by atomic mass is 32.2. The van der Waals surface area contributed by atoms with E-state index in [2.05, 4.69) is 15.0 Å². The molecule has 0 saturated carbocycles. The van der Waals surface area contributed by atoms with Gasteiger partial charge in [0, 0.05) is 29.9 Å². The molecule has 0 spiro atoms. The molecule has 3 aromatic carbocycles. The van der Waals surface area contributed by atoms with Crippen molar-refractivity contribution in [1.82, 2.24) is 4.98 Å². The van der Waals surface area contributed by atoms with Crippen LogP contribution in [0.15, 0.2) is 94.2 Å². The molecule has 0 radical (unpaired) electrons. The van der Waals surface area contributed by atoms with Gasteiger partial charge in [0.05, 0.1) is 15.5 Å². The van der Waals surface area contributed by atoms with Gasteiger partial charge in [0.15, 0.2) is 5.13 Å². The van der Waals surface area contributed by atoms with Crippen molar-refractivity contribution < 1.29 is 21.6 Å². The van der Waals surface area contributed by atoms with Gasteiger partial charge in [-0.1, -0.05) is 23.8 Å². The van der Waals surface area contributed by atoms with E-state index in [0.717, 1.165) is 21.2 Å². The molecule has 0 aliphatic rings. The van der Waals surface area contributed by atoms with Gasteiger partial charge >= 0.3 is 0 Å². The van der Waals surface area contributed by atoms with Crippen LogP contribution in [0.3, 0.4) is 0 Å². The number of rotatable bonds is 8. The highest BCUT2D eigenvalue weighted by Gasteiger charge is 2.23. The molecule has 0 bridgehead atoms. The number of thiazole rings is 1. The average Bonchev–Trinajstić information content (AvgIpc) is 3.37. The smallest absolute Gasteiger partial charge is 0.264 e. The molecule has 0 aliphatic carbocycles. The Kier molecular flexibility index (Phi) is 7.11. The minimum Gasteiger partial charge on any atom is -0.322 e. The molecule has 0 fully saturated rings. The molecule has 0 unspecified atom stereocenters. The number of nitrogens with zero attached hydrogens (tertiary/aromatic N) is 2. The molecule has 0 saturated heterocycles. The minimum absolute atomic E-state index is 0.00272. The number of anilines is 3. The van der Waals surface area contributed by atoms with Gasteiger partial charge in [-0.3, -0.25) is 13.8 Å². The number of amides is 1. The maximum atomic E-state index is 13.1. The van der Waals surface area contributed by atoms with Gasteiger partial charge in [-0.25, -0.2) is 21.8 Å². The van der Waals surface area contributed by atoms with E-state index >= 15 is 0 Å². The number of aromatic nitrogens is 1. The number of carbonyl (C=O) groups excluding carboxylic acids is 1. The summed E-state index contributed by atoms with van der Waals surface area (Å²) in [7, 11) is -6.27.